The fourth-order valence-electron chi connectivity index (χ4n) is 3.95. The second-order valence-electron chi connectivity index (χ2n) is 8.29. The van der Waals surface area contributed by atoms with E-state index in [9.17, 15) is 40.9 Å². The van der Waals surface area contributed by atoms with Gasteiger partial charge in [0.05, 0.1) is 18.3 Å². The minimum Gasteiger partial charge on any atom is -0.388 e. The van der Waals surface area contributed by atoms with Crippen molar-refractivity contribution in [1.29, 1.82) is 0 Å². The third-order valence-corrected chi connectivity index (χ3v) is 5.96. The van der Waals surface area contributed by atoms with Gasteiger partial charge in [-0.2, -0.15) is 0 Å². The predicted octanol–water partition coefficient (Wildman–Crippen LogP) is -4.49. The fraction of sp³-hybridized carbons (Fsp3) is 1.00. The molecule has 13 nitrogen and oxygen atoms in total. The van der Waals surface area contributed by atoms with Gasteiger partial charge in [-0.3, -0.25) is 0 Å². The van der Waals surface area contributed by atoms with Crippen LogP contribution in [-0.2, 0) is 23.7 Å². The molecule has 0 saturated carbocycles. The van der Waals surface area contributed by atoms with E-state index < -0.39 is 92.1 Å². The molecule has 3 fully saturated rings. The molecule has 3 rings (SSSR count). The Bertz CT molecular complexity index is 595. The second-order valence-corrected chi connectivity index (χ2v) is 8.29. The van der Waals surface area contributed by atoms with Gasteiger partial charge in [0.2, 0.25) is 0 Å². The first kappa shape index (κ1) is 25.1. The van der Waals surface area contributed by atoms with E-state index in [2.05, 4.69) is 0 Å². The highest BCUT2D eigenvalue weighted by molar-refractivity contribution is 4.94. The van der Waals surface area contributed by atoms with Gasteiger partial charge in [-0.1, -0.05) is 0 Å². The molecule has 0 spiro atoms. The van der Waals surface area contributed by atoms with Crippen molar-refractivity contribution in [3.05, 3.63) is 0 Å². The standard InChI is InChI=1S/C18H32O13/c1-4-7(19)8(20)12(24)17(28-4)31-15-6(3)29-18(13(25)10(15)22)30-14-5(2)27-16(26)11(23)9(14)21/h4-26H,1-3H3. The predicted molar refractivity (Wildman–Crippen MR) is 97.0 cm³/mol. The zero-order valence-corrected chi connectivity index (χ0v) is 17.3. The van der Waals surface area contributed by atoms with E-state index in [-0.39, 0.29) is 0 Å². The number of ether oxygens (including phenoxy) is 5. The molecular weight excluding hydrogens is 424 g/mol. The number of aliphatic hydroxyl groups is 8. The third-order valence-electron chi connectivity index (χ3n) is 5.96. The van der Waals surface area contributed by atoms with Crippen molar-refractivity contribution in [3.63, 3.8) is 0 Å². The highest BCUT2D eigenvalue weighted by Gasteiger charge is 2.51. The SMILES string of the molecule is CC1OC(OC2C(C)OC(OC3C(C)OC(O)C(O)C3O)C(O)C2O)C(O)C(O)C1O. The van der Waals surface area contributed by atoms with Crippen molar-refractivity contribution in [2.75, 3.05) is 0 Å². The Labute approximate surface area is 178 Å². The quantitative estimate of drug-likeness (QED) is 0.201. The van der Waals surface area contributed by atoms with Gasteiger partial charge in [-0.15, -0.1) is 0 Å². The van der Waals surface area contributed by atoms with Gasteiger partial charge >= 0.3 is 0 Å². The van der Waals surface area contributed by atoms with Crippen molar-refractivity contribution in [2.45, 2.75) is 113 Å². The van der Waals surface area contributed by atoms with Crippen LogP contribution in [0.2, 0.25) is 0 Å². The van der Waals surface area contributed by atoms with Gasteiger partial charge in [0.1, 0.15) is 54.9 Å². The van der Waals surface area contributed by atoms with Crippen molar-refractivity contribution in [1.82, 2.24) is 0 Å². The zero-order valence-electron chi connectivity index (χ0n) is 17.3. The summed E-state index contributed by atoms with van der Waals surface area (Å²) >= 11 is 0. The van der Waals surface area contributed by atoms with Crippen LogP contribution in [0.3, 0.4) is 0 Å². The van der Waals surface area contributed by atoms with Crippen molar-refractivity contribution in [3.8, 4) is 0 Å². The van der Waals surface area contributed by atoms with E-state index >= 15 is 0 Å². The fourth-order valence-corrected chi connectivity index (χ4v) is 3.95. The summed E-state index contributed by atoms with van der Waals surface area (Å²) in [5.74, 6) is 0. The Morgan fingerprint density at radius 1 is 0.452 bits per heavy atom. The lowest BCUT2D eigenvalue weighted by Crippen LogP contribution is -2.65. The summed E-state index contributed by atoms with van der Waals surface area (Å²) in [7, 11) is 0. The molecule has 3 aliphatic rings. The van der Waals surface area contributed by atoms with Crippen LogP contribution < -0.4 is 0 Å². The molecule has 15 atom stereocenters. The number of hydrogen-bond acceptors (Lipinski definition) is 13. The molecule has 0 aliphatic carbocycles. The van der Waals surface area contributed by atoms with Crippen LogP contribution in [-0.4, -0.2) is 133 Å². The van der Waals surface area contributed by atoms with E-state index in [0.29, 0.717) is 0 Å². The van der Waals surface area contributed by atoms with Crippen LogP contribution in [0.25, 0.3) is 0 Å². The van der Waals surface area contributed by atoms with Gasteiger partial charge in [0, 0.05) is 0 Å². The van der Waals surface area contributed by atoms with Crippen molar-refractivity contribution >= 4 is 0 Å². The maximum Gasteiger partial charge on any atom is 0.187 e. The van der Waals surface area contributed by atoms with E-state index in [0.717, 1.165) is 0 Å². The minimum absolute atomic E-state index is 0.864. The highest BCUT2D eigenvalue weighted by atomic mass is 16.7. The lowest BCUT2D eigenvalue weighted by atomic mass is 9.96. The van der Waals surface area contributed by atoms with Crippen LogP contribution in [0, 0.1) is 0 Å². The average Bonchev–Trinajstić information content (AvgIpc) is 2.72. The van der Waals surface area contributed by atoms with Crippen LogP contribution in [0.4, 0.5) is 0 Å². The molecule has 0 aromatic heterocycles. The van der Waals surface area contributed by atoms with E-state index in [4.69, 9.17) is 23.7 Å². The topological polar surface area (TPSA) is 208 Å². The zero-order chi connectivity index (χ0) is 23.2. The molecule has 13 heteroatoms. The normalized spacial score (nSPS) is 56.4. The summed E-state index contributed by atoms with van der Waals surface area (Å²) in [5.41, 5.74) is 0. The summed E-state index contributed by atoms with van der Waals surface area (Å²) in [6.07, 6.45) is -20.4. The molecule has 182 valence electrons. The Morgan fingerprint density at radius 3 is 1.42 bits per heavy atom. The van der Waals surface area contributed by atoms with E-state index in [1.54, 1.807) is 0 Å². The first-order chi connectivity index (χ1) is 14.4. The average molecular weight is 456 g/mol. The first-order valence-electron chi connectivity index (χ1n) is 10.2. The molecule has 31 heavy (non-hydrogen) atoms. The molecule has 3 saturated heterocycles. The minimum atomic E-state index is -1.67. The monoisotopic (exact) mass is 456 g/mol. The Morgan fingerprint density at radius 2 is 0.871 bits per heavy atom. The van der Waals surface area contributed by atoms with Crippen LogP contribution in [0.15, 0.2) is 0 Å². The smallest absolute Gasteiger partial charge is 0.187 e. The Kier molecular flexibility index (Phi) is 7.91. The van der Waals surface area contributed by atoms with Crippen LogP contribution in [0.5, 0.6) is 0 Å². The van der Waals surface area contributed by atoms with Crippen molar-refractivity contribution < 1.29 is 64.5 Å². The lowest BCUT2D eigenvalue weighted by molar-refractivity contribution is -0.370. The van der Waals surface area contributed by atoms with Gasteiger partial charge in [0.15, 0.2) is 18.9 Å². The van der Waals surface area contributed by atoms with Gasteiger partial charge in [-0.05, 0) is 20.8 Å². The van der Waals surface area contributed by atoms with Gasteiger partial charge in [-0.25, -0.2) is 0 Å². The molecule has 0 amide bonds. The van der Waals surface area contributed by atoms with E-state index in [1.165, 1.54) is 20.8 Å². The highest BCUT2D eigenvalue weighted by Crippen LogP contribution is 2.31. The molecule has 3 aliphatic heterocycles. The summed E-state index contributed by atoms with van der Waals surface area (Å²) in [6.45, 7) is 4.44. The number of rotatable bonds is 4. The Balaban J connectivity index is 1.65. The molecule has 0 radical (unpaired) electrons. The lowest BCUT2D eigenvalue weighted by Gasteiger charge is -2.47. The van der Waals surface area contributed by atoms with Crippen LogP contribution >= 0.6 is 0 Å². The molecule has 0 bridgehead atoms. The number of aliphatic hydroxyl groups excluding tert-OH is 8. The summed E-state index contributed by atoms with van der Waals surface area (Å²) < 4.78 is 27.1. The van der Waals surface area contributed by atoms with Crippen molar-refractivity contribution in [2.24, 2.45) is 0 Å². The molecule has 0 aromatic rings. The largest absolute Gasteiger partial charge is 0.388 e. The molecular formula is C18H32O13. The van der Waals surface area contributed by atoms with Gasteiger partial charge in [0.25, 0.3) is 0 Å². The molecule has 15 unspecified atom stereocenters. The van der Waals surface area contributed by atoms with E-state index in [1.807, 2.05) is 0 Å². The first-order valence-corrected chi connectivity index (χ1v) is 10.2. The third kappa shape index (κ3) is 4.89. The molecule has 8 N–H and O–H groups in total. The summed E-state index contributed by atoms with van der Waals surface area (Å²) in [6, 6.07) is 0. The number of hydrogen-bond donors (Lipinski definition) is 8. The molecule has 0 aromatic carbocycles. The summed E-state index contributed by atoms with van der Waals surface area (Å²) in [5, 5.41) is 80.4. The maximum atomic E-state index is 10.6. The molecule has 3 heterocycles. The second kappa shape index (κ2) is 9.77. The summed E-state index contributed by atoms with van der Waals surface area (Å²) in [4.78, 5) is 0. The van der Waals surface area contributed by atoms with Crippen LogP contribution in [0.1, 0.15) is 20.8 Å². The Hall–Kier alpha value is -0.520. The maximum absolute atomic E-state index is 10.6. The van der Waals surface area contributed by atoms with Gasteiger partial charge < -0.3 is 64.5 Å².